The molecule has 0 bridgehead atoms. The number of nitrogens with zero attached hydrogens (tertiary/aromatic N) is 2. The van der Waals surface area contributed by atoms with Crippen molar-refractivity contribution in [3.05, 3.63) is 12.4 Å². The Morgan fingerprint density at radius 3 is 2.80 bits per heavy atom. The molecular formula is C10H18N4O. The smallest absolute Gasteiger partial charge is 0.218 e. The highest BCUT2D eigenvalue weighted by molar-refractivity contribution is 5.36. The van der Waals surface area contributed by atoms with Crippen molar-refractivity contribution in [2.24, 2.45) is 0 Å². The Balaban J connectivity index is 2.50. The number of rotatable bonds is 6. The quantitative estimate of drug-likeness (QED) is 0.683. The van der Waals surface area contributed by atoms with Crippen LogP contribution in [0.3, 0.4) is 0 Å². The maximum absolute atomic E-state index is 5.45. The van der Waals surface area contributed by atoms with Crippen LogP contribution in [0.25, 0.3) is 0 Å². The Bertz CT molecular complexity index is 291. The monoisotopic (exact) mass is 210 g/mol. The van der Waals surface area contributed by atoms with Crippen molar-refractivity contribution >= 4 is 5.82 Å². The first-order valence-corrected chi connectivity index (χ1v) is 5.09. The predicted molar refractivity (Wildman–Crippen MR) is 60.2 cm³/mol. The summed E-state index contributed by atoms with van der Waals surface area (Å²) in [5.41, 5.74) is 0. The molecule has 5 heteroatoms. The average molecular weight is 210 g/mol. The van der Waals surface area contributed by atoms with E-state index in [9.17, 15) is 0 Å². The summed E-state index contributed by atoms with van der Waals surface area (Å²) in [4.78, 5) is 8.11. The Hall–Kier alpha value is -1.36. The minimum absolute atomic E-state index is 0.130. The summed E-state index contributed by atoms with van der Waals surface area (Å²) in [5.74, 6) is 1.39. The summed E-state index contributed by atoms with van der Waals surface area (Å²) in [6.45, 7) is 5.66. The van der Waals surface area contributed by atoms with Gasteiger partial charge in [0.05, 0.1) is 6.10 Å². The molecule has 0 atom stereocenters. The van der Waals surface area contributed by atoms with Crippen LogP contribution in [-0.4, -0.2) is 36.2 Å². The van der Waals surface area contributed by atoms with Crippen LogP contribution in [-0.2, 0) is 0 Å². The molecule has 0 saturated carbocycles. The topological polar surface area (TPSA) is 59.1 Å². The highest BCUT2D eigenvalue weighted by Crippen LogP contribution is 2.11. The lowest BCUT2D eigenvalue weighted by atomic mass is 10.4. The molecule has 5 nitrogen and oxygen atoms in total. The Kier molecular flexibility index (Phi) is 4.83. The Morgan fingerprint density at radius 1 is 1.33 bits per heavy atom. The van der Waals surface area contributed by atoms with Gasteiger partial charge >= 0.3 is 0 Å². The molecule has 15 heavy (non-hydrogen) atoms. The molecule has 0 fully saturated rings. The van der Waals surface area contributed by atoms with E-state index in [0.717, 1.165) is 18.9 Å². The van der Waals surface area contributed by atoms with Gasteiger partial charge in [-0.05, 0) is 20.9 Å². The Morgan fingerprint density at radius 2 is 2.13 bits per heavy atom. The van der Waals surface area contributed by atoms with E-state index in [1.807, 2.05) is 20.9 Å². The minimum atomic E-state index is 0.130. The second kappa shape index (κ2) is 6.19. The number of ether oxygens (including phenoxy) is 1. The van der Waals surface area contributed by atoms with E-state index in [1.165, 1.54) is 6.33 Å². The van der Waals surface area contributed by atoms with Gasteiger partial charge < -0.3 is 15.4 Å². The third kappa shape index (κ3) is 4.60. The van der Waals surface area contributed by atoms with Gasteiger partial charge in [-0.2, -0.15) is 0 Å². The number of anilines is 1. The van der Waals surface area contributed by atoms with Crippen LogP contribution < -0.4 is 15.4 Å². The zero-order valence-corrected chi connectivity index (χ0v) is 9.45. The number of hydrogen-bond acceptors (Lipinski definition) is 5. The van der Waals surface area contributed by atoms with Crippen molar-refractivity contribution in [1.82, 2.24) is 15.3 Å². The fraction of sp³-hybridized carbons (Fsp3) is 0.600. The second-order valence-corrected chi connectivity index (χ2v) is 3.44. The molecule has 0 aromatic carbocycles. The number of aromatic nitrogens is 2. The van der Waals surface area contributed by atoms with Crippen molar-refractivity contribution in [3.63, 3.8) is 0 Å². The van der Waals surface area contributed by atoms with Crippen LogP contribution in [0.5, 0.6) is 5.88 Å². The fourth-order valence-corrected chi connectivity index (χ4v) is 1.06. The summed E-state index contributed by atoms with van der Waals surface area (Å²) in [6, 6.07) is 1.80. The van der Waals surface area contributed by atoms with E-state index in [-0.39, 0.29) is 6.10 Å². The molecule has 0 unspecified atom stereocenters. The van der Waals surface area contributed by atoms with E-state index in [1.54, 1.807) is 6.07 Å². The highest BCUT2D eigenvalue weighted by atomic mass is 16.5. The lowest BCUT2D eigenvalue weighted by Crippen LogP contribution is -2.18. The lowest BCUT2D eigenvalue weighted by molar-refractivity contribution is 0.232. The van der Waals surface area contributed by atoms with Gasteiger partial charge in [0.2, 0.25) is 5.88 Å². The molecule has 0 radical (unpaired) electrons. The van der Waals surface area contributed by atoms with Crippen molar-refractivity contribution in [1.29, 1.82) is 0 Å². The van der Waals surface area contributed by atoms with Crippen LogP contribution in [0.15, 0.2) is 12.4 Å². The molecular weight excluding hydrogens is 192 g/mol. The molecule has 0 aliphatic heterocycles. The normalized spacial score (nSPS) is 10.4. The standard InChI is InChI=1S/C10H18N4O/c1-8(2)15-10-6-9(13-7-14-10)12-5-4-11-3/h6-8,11H,4-5H2,1-3H3,(H,12,13,14). The van der Waals surface area contributed by atoms with E-state index in [0.29, 0.717) is 5.88 Å². The maximum Gasteiger partial charge on any atom is 0.218 e. The van der Waals surface area contributed by atoms with Crippen molar-refractivity contribution in [2.45, 2.75) is 20.0 Å². The predicted octanol–water partition coefficient (Wildman–Crippen LogP) is 0.895. The third-order valence-corrected chi connectivity index (χ3v) is 1.68. The molecule has 1 rings (SSSR count). The van der Waals surface area contributed by atoms with Crippen LogP contribution in [0.1, 0.15) is 13.8 Å². The van der Waals surface area contributed by atoms with Gasteiger partial charge in [-0.25, -0.2) is 9.97 Å². The molecule has 2 N–H and O–H groups in total. The largest absolute Gasteiger partial charge is 0.475 e. The summed E-state index contributed by atoms with van der Waals surface area (Å²) in [6.07, 6.45) is 1.63. The molecule has 0 aliphatic rings. The maximum atomic E-state index is 5.45. The fourth-order valence-electron chi connectivity index (χ4n) is 1.06. The van der Waals surface area contributed by atoms with Gasteiger partial charge in [-0.15, -0.1) is 0 Å². The van der Waals surface area contributed by atoms with Gasteiger partial charge in [0.25, 0.3) is 0 Å². The number of hydrogen-bond donors (Lipinski definition) is 2. The molecule has 0 amide bonds. The first-order chi connectivity index (χ1) is 7.22. The number of nitrogens with one attached hydrogen (secondary N) is 2. The van der Waals surface area contributed by atoms with Gasteiger partial charge in [-0.3, -0.25) is 0 Å². The molecule has 0 spiro atoms. The second-order valence-electron chi connectivity index (χ2n) is 3.44. The first-order valence-electron chi connectivity index (χ1n) is 5.09. The van der Waals surface area contributed by atoms with Crippen LogP contribution >= 0.6 is 0 Å². The SMILES string of the molecule is CNCCNc1cc(OC(C)C)ncn1. The number of likely N-dealkylation sites (N-methyl/N-ethyl adjacent to an activating group) is 1. The zero-order valence-electron chi connectivity index (χ0n) is 9.45. The lowest BCUT2D eigenvalue weighted by Gasteiger charge is -2.09. The van der Waals surface area contributed by atoms with Crippen molar-refractivity contribution in [2.75, 3.05) is 25.5 Å². The van der Waals surface area contributed by atoms with Gasteiger partial charge in [0.15, 0.2) is 0 Å². The van der Waals surface area contributed by atoms with Crippen LogP contribution in [0, 0.1) is 0 Å². The van der Waals surface area contributed by atoms with Crippen molar-refractivity contribution in [3.8, 4) is 5.88 Å². The van der Waals surface area contributed by atoms with E-state index in [2.05, 4.69) is 20.6 Å². The summed E-state index contributed by atoms with van der Waals surface area (Å²) < 4.78 is 5.45. The molecule has 84 valence electrons. The molecule has 1 aromatic heterocycles. The Labute approximate surface area is 90.3 Å². The van der Waals surface area contributed by atoms with Gasteiger partial charge in [0.1, 0.15) is 12.1 Å². The van der Waals surface area contributed by atoms with Crippen LogP contribution in [0.4, 0.5) is 5.82 Å². The highest BCUT2D eigenvalue weighted by Gasteiger charge is 2.00. The average Bonchev–Trinajstić information content (AvgIpc) is 2.18. The van der Waals surface area contributed by atoms with E-state index >= 15 is 0 Å². The van der Waals surface area contributed by atoms with Gasteiger partial charge in [0, 0.05) is 19.2 Å². The molecule has 1 aromatic rings. The summed E-state index contributed by atoms with van der Waals surface area (Å²) in [5, 5.41) is 6.21. The van der Waals surface area contributed by atoms with E-state index < -0.39 is 0 Å². The molecule has 1 heterocycles. The molecule has 0 saturated heterocycles. The summed E-state index contributed by atoms with van der Waals surface area (Å²) >= 11 is 0. The van der Waals surface area contributed by atoms with Gasteiger partial charge in [-0.1, -0.05) is 0 Å². The first kappa shape index (κ1) is 11.7. The zero-order chi connectivity index (χ0) is 11.1. The van der Waals surface area contributed by atoms with Crippen molar-refractivity contribution < 1.29 is 4.74 Å². The minimum Gasteiger partial charge on any atom is -0.475 e. The molecule has 0 aliphatic carbocycles. The summed E-state index contributed by atoms with van der Waals surface area (Å²) in [7, 11) is 1.91. The van der Waals surface area contributed by atoms with Crippen LogP contribution in [0.2, 0.25) is 0 Å². The third-order valence-electron chi connectivity index (χ3n) is 1.68. The van der Waals surface area contributed by atoms with E-state index in [4.69, 9.17) is 4.74 Å².